The van der Waals surface area contributed by atoms with E-state index in [-0.39, 0.29) is 11.1 Å². The third kappa shape index (κ3) is 2.72. The predicted octanol–water partition coefficient (Wildman–Crippen LogP) is 1.46. The number of rotatable bonds is 3. The first kappa shape index (κ1) is 13.5. The number of benzene rings is 1. The molecule has 3 N–H and O–H groups in total. The quantitative estimate of drug-likeness (QED) is 0.790. The highest BCUT2D eigenvalue weighted by atomic mass is 19.1. The molecular formula is C13H9FN2O4. The largest absolute Gasteiger partial charge is 0.478 e. The number of para-hydroxylation sites is 1. The third-order valence-electron chi connectivity index (χ3n) is 2.53. The van der Waals surface area contributed by atoms with E-state index in [1.165, 1.54) is 18.2 Å². The van der Waals surface area contributed by atoms with E-state index < -0.39 is 28.9 Å². The molecule has 0 atom stereocenters. The Morgan fingerprint density at radius 3 is 2.55 bits per heavy atom. The number of halogens is 1. The van der Waals surface area contributed by atoms with Gasteiger partial charge in [0, 0.05) is 12.3 Å². The van der Waals surface area contributed by atoms with E-state index in [1.807, 2.05) is 0 Å². The van der Waals surface area contributed by atoms with Crippen molar-refractivity contribution in [3.05, 3.63) is 63.8 Å². The summed E-state index contributed by atoms with van der Waals surface area (Å²) in [5.74, 6) is -2.95. The zero-order chi connectivity index (χ0) is 14.7. The molecule has 0 saturated heterocycles. The van der Waals surface area contributed by atoms with Crippen molar-refractivity contribution < 1.29 is 19.1 Å². The van der Waals surface area contributed by atoms with Crippen LogP contribution in [0.15, 0.2) is 41.3 Å². The number of hydrogen-bond donors (Lipinski definition) is 3. The molecule has 0 aliphatic carbocycles. The second-order valence-corrected chi connectivity index (χ2v) is 3.86. The maximum Gasteiger partial charge on any atom is 0.337 e. The van der Waals surface area contributed by atoms with Crippen molar-refractivity contribution in [2.75, 3.05) is 5.32 Å². The summed E-state index contributed by atoms with van der Waals surface area (Å²) in [7, 11) is 0. The van der Waals surface area contributed by atoms with Crippen LogP contribution in [0.1, 0.15) is 20.7 Å². The molecule has 0 saturated carbocycles. The first-order chi connectivity index (χ1) is 9.49. The van der Waals surface area contributed by atoms with Crippen LogP contribution in [0.25, 0.3) is 0 Å². The van der Waals surface area contributed by atoms with Crippen molar-refractivity contribution in [1.82, 2.24) is 4.98 Å². The van der Waals surface area contributed by atoms with Crippen LogP contribution < -0.4 is 10.9 Å². The Labute approximate surface area is 111 Å². The lowest BCUT2D eigenvalue weighted by Gasteiger charge is -2.09. The lowest BCUT2D eigenvalue weighted by molar-refractivity contribution is 0.0697. The highest BCUT2D eigenvalue weighted by Crippen LogP contribution is 2.20. The van der Waals surface area contributed by atoms with Crippen LogP contribution in [-0.4, -0.2) is 22.0 Å². The molecule has 1 aromatic carbocycles. The minimum Gasteiger partial charge on any atom is -0.478 e. The summed E-state index contributed by atoms with van der Waals surface area (Å²) in [6.45, 7) is 0. The van der Waals surface area contributed by atoms with Crippen molar-refractivity contribution in [3.63, 3.8) is 0 Å². The minimum atomic E-state index is -1.36. The molecule has 0 aliphatic heterocycles. The van der Waals surface area contributed by atoms with E-state index in [2.05, 4.69) is 10.3 Å². The van der Waals surface area contributed by atoms with Crippen LogP contribution in [0.2, 0.25) is 0 Å². The number of aromatic nitrogens is 1. The zero-order valence-corrected chi connectivity index (χ0v) is 10.0. The summed E-state index contributed by atoms with van der Waals surface area (Å²) in [6.07, 6.45) is 1.15. The van der Waals surface area contributed by atoms with Gasteiger partial charge in [0.15, 0.2) is 0 Å². The number of carboxylic acid groups (broad SMARTS) is 1. The maximum absolute atomic E-state index is 13.6. The van der Waals surface area contributed by atoms with Crippen LogP contribution in [0, 0.1) is 5.82 Å². The van der Waals surface area contributed by atoms with Crippen LogP contribution in [-0.2, 0) is 0 Å². The van der Waals surface area contributed by atoms with Gasteiger partial charge < -0.3 is 15.4 Å². The molecule has 20 heavy (non-hydrogen) atoms. The van der Waals surface area contributed by atoms with E-state index in [0.29, 0.717) is 0 Å². The number of anilines is 1. The lowest BCUT2D eigenvalue weighted by atomic mass is 10.1. The fourth-order valence-corrected chi connectivity index (χ4v) is 1.57. The number of amides is 1. The van der Waals surface area contributed by atoms with Gasteiger partial charge >= 0.3 is 5.97 Å². The maximum atomic E-state index is 13.6. The molecule has 7 heteroatoms. The van der Waals surface area contributed by atoms with Crippen LogP contribution >= 0.6 is 0 Å². The second kappa shape index (κ2) is 5.35. The average Bonchev–Trinajstić information content (AvgIpc) is 2.41. The van der Waals surface area contributed by atoms with Gasteiger partial charge in [0.2, 0.25) is 5.56 Å². The Hall–Kier alpha value is -2.96. The van der Waals surface area contributed by atoms with Gasteiger partial charge in [0.1, 0.15) is 5.82 Å². The Balaban J connectivity index is 2.35. The minimum absolute atomic E-state index is 0.0733. The van der Waals surface area contributed by atoms with Crippen molar-refractivity contribution in [1.29, 1.82) is 0 Å². The van der Waals surface area contributed by atoms with E-state index in [0.717, 1.165) is 18.3 Å². The number of hydrogen-bond acceptors (Lipinski definition) is 3. The molecule has 102 valence electrons. The molecule has 2 rings (SSSR count). The van der Waals surface area contributed by atoms with Gasteiger partial charge in [-0.2, -0.15) is 0 Å². The highest BCUT2D eigenvalue weighted by molar-refractivity contribution is 6.07. The summed E-state index contributed by atoms with van der Waals surface area (Å²) in [5, 5.41) is 11.1. The summed E-state index contributed by atoms with van der Waals surface area (Å²) in [4.78, 5) is 36.0. The van der Waals surface area contributed by atoms with Crippen LogP contribution in [0.4, 0.5) is 10.1 Å². The molecule has 0 spiro atoms. The van der Waals surface area contributed by atoms with Crippen molar-refractivity contribution in [2.24, 2.45) is 0 Å². The number of carbonyl (C=O) groups excluding carboxylic acids is 1. The lowest BCUT2D eigenvalue weighted by Crippen LogP contribution is -2.17. The van der Waals surface area contributed by atoms with Crippen molar-refractivity contribution >= 4 is 17.6 Å². The number of aromatic carboxylic acids is 1. The Morgan fingerprint density at radius 1 is 1.20 bits per heavy atom. The smallest absolute Gasteiger partial charge is 0.337 e. The molecule has 1 aromatic heterocycles. The monoisotopic (exact) mass is 276 g/mol. The number of pyridine rings is 1. The Bertz CT molecular complexity index is 719. The van der Waals surface area contributed by atoms with Gasteiger partial charge in [-0.15, -0.1) is 0 Å². The van der Waals surface area contributed by atoms with Gasteiger partial charge in [0.25, 0.3) is 5.91 Å². The number of aromatic amines is 1. The SMILES string of the molecule is O=C(Nc1c(F)cccc1C(=O)O)c1ccc(=O)[nH]c1. The molecule has 1 heterocycles. The first-order valence-electron chi connectivity index (χ1n) is 5.51. The number of H-pyrrole nitrogens is 1. The molecule has 0 aliphatic rings. The van der Waals surface area contributed by atoms with E-state index >= 15 is 0 Å². The zero-order valence-electron chi connectivity index (χ0n) is 10.0. The van der Waals surface area contributed by atoms with Gasteiger partial charge in [-0.1, -0.05) is 6.07 Å². The summed E-state index contributed by atoms with van der Waals surface area (Å²) >= 11 is 0. The van der Waals surface area contributed by atoms with Gasteiger partial charge in [-0.25, -0.2) is 9.18 Å². The van der Waals surface area contributed by atoms with Crippen molar-refractivity contribution in [3.8, 4) is 0 Å². The molecule has 0 radical (unpaired) electrons. The third-order valence-corrected chi connectivity index (χ3v) is 2.53. The molecule has 2 aromatic rings. The van der Waals surface area contributed by atoms with E-state index in [9.17, 15) is 18.8 Å². The summed E-state index contributed by atoms with van der Waals surface area (Å²) in [5.41, 5.74) is -1.10. The normalized spacial score (nSPS) is 10.1. The first-order valence-corrected chi connectivity index (χ1v) is 5.51. The predicted molar refractivity (Wildman–Crippen MR) is 68.4 cm³/mol. The molecule has 0 fully saturated rings. The van der Waals surface area contributed by atoms with E-state index in [1.54, 1.807) is 0 Å². The van der Waals surface area contributed by atoms with Crippen LogP contribution in [0.5, 0.6) is 0 Å². The average molecular weight is 276 g/mol. The van der Waals surface area contributed by atoms with Gasteiger partial charge in [-0.05, 0) is 18.2 Å². The number of carbonyl (C=O) groups is 2. The molecular weight excluding hydrogens is 267 g/mol. The van der Waals surface area contributed by atoms with Crippen molar-refractivity contribution in [2.45, 2.75) is 0 Å². The summed E-state index contributed by atoms with van der Waals surface area (Å²) in [6, 6.07) is 5.82. The topological polar surface area (TPSA) is 99.3 Å². The number of carboxylic acids is 1. The molecule has 6 nitrogen and oxygen atoms in total. The van der Waals surface area contributed by atoms with E-state index in [4.69, 9.17) is 5.11 Å². The second-order valence-electron chi connectivity index (χ2n) is 3.86. The number of nitrogens with one attached hydrogen (secondary N) is 2. The highest BCUT2D eigenvalue weighted by Gasteiger charge is 2.17. The Morgan fingerprint density at radius 2 is 1.95 bits per heavy atom. The fourth-order valence-electron chi connectivity index (χ4n) is 1.57. The van der Waals surface area contributed by atoms with Crippen LogP contribution in [0.3, 0.4) is 0 Å². The molecule has 0 unspecified atom stereocenters. The van der Waals surface area contributed by atoms with Gasteiger partial charge in [0.05, 0.1) is 16.8 Å². The standard InChI is InChI=1S/C13H9FN2O4/c14-9-3-1-2-8(13(19)20)11(9)16-12(18)7-4-5-10(17)15-6-7/h1-6H,(H,15,17)(H,16,18)(H,19,20). The summed E-state index contributed by atoms with van der Waals surface area (Å²) < 4.78 is 13.6. The Kier molecular flexibility index (Phi) is 3.60. The van der Waals surface area contributed by atoms with Gasteiger partial charge in [-0.3, -0.25) is 9.59 Å². The molecule has 1 amide bonds. The molecule has 0 bridgehead atoms. The fraction of sp³-hybridized carbons (Fsp3) is 0.